The van der Waals surface area contributed by atoms with Gasteiger partial charge in [-0.15, -0.1) is 0 Å². The molecular weight excluding hydrogens is 394 g/mol. The number of carbonyl (C=O) groups excluding carboxylic acids is 3. The molecule has 0 unspecified atom stereocenters. The average molecular weight is 419 g/mol. The molecule has 3 aliphatic heterocycles. The highest BCUT2D eigenvalue weighted by molar-refractivity contribution is 6.10. The Hall–Kier alpha value is -3.19. The molecule has 0 aliphatic carbocycles. The maximum atomic E-state index is 13.5. The number of fused-ring (bicyclic) bond motifs is 4. The first kappa shape index (κ1) is 19.8. The minimum atomic E-state index is -0.986. The number of hydrogen-bond donors (Lipinski definition) is 2. The van der Waals surface area contributed by atoms with Crippen LogP contribution in [0.5, 0.6) is 0 Å². The monoisotopic (exact) mass is 419 g/mol. The summed E-state index contributed by atoms with van der Waals surface area (Å²) in [5.41, 5.74) is 1.57. The Morgan fingerprint density at radius 1 is 1.23 bits per heavy atom. The second kappa shape index (κ2) is 7.50. The smallest absolute Gasteiger partial charge is 0.338 e. The Kier molecular flexibility index (Phi) is 4.78. The third-order valence-corrected chi connectivity index (χ3v) is 6.73. The van der Waals surface area contributed by atoms with E-state index >= 15 is 0 Å². The summed E-state index contributed by atoms with van der Waals surface area (Å²) in [6.45, 7) is 2.83. The molecule has 31 heavy (non-hydrogen) atoms. The Balaban J connectivity index is 1.49. The molecule has 2 amide bonds. The number of anilines is 2. The van der Waals surface area contributed by atoms with Crippen LogP contribution in [0.25, 0.3) is 0 Å². The lowest BCUT2D eigenvalue weighted by Crippen LogP contribution is -2.53. The second-order valence-electron chi connectivity index (χ2n) is 8.33. The predicted octanol–water partition coefficient (Wildman–Crippen LogP) is 3.13. The van der Waals surface area contributed by atoms with Crippen LogP contribution in [0.2, 0.25) is 0 Å². The number of hydrogen-bond acceptors (Lipinski definition) is 5. The first-order chi connectivity index (χ1) is 15.1. The normalized spacial score (nSPS) is 26.4. The lowest BCUT2D eigenvalue weighted by atomic mass is 9.78. The zero-order valence-electron chi connectivity index (χ0n) is 17.4. The minimum Gasteiger partial charge on any atom is -0.462 e. The van der Waals surface area contributed by atoms with E-state index in [9.17, 15) is 14.4 Å². The van der Waals surface area contributed by atoms with Crippen molar-refractivity contribution in [3.05, 3.63) is 59.7 Å². The summed E-state index contributed by atoms with van der Waals surface area (Å²) in [6.07, 6.45) is 2.64. The van der Waals surface area contributed by atoms with E-state index in [1.54, 1.807) is 31.2 Å². The standard InChI is InChI=1S/C24H25N3O4/c1-2-31-22(29)15-7-5-8-16(13-15)25-21(28)19-14-17-9-6-12-27(17)24(19)18-10-3-4-11-20(18)26-23(24)30/h3-5,7-8,10-11,13,17,19H,2,6,9,12,14H2,1H3,(H,25,28)(H,26,30)/t17-,19-,24-/m1/s1. The van der Waals surface area contributed by atoms with Gasteiger partial charge in [-0.2, -0.15) is 0 Å². The van der Waals surface area contributed by atoms with Crippen molar-refractivity contribution in [2.24, 2.45) is 5.92 Å². The van der Waals surface area contributed by atoms with Crippen LogP contribution in [0.4, 0.5) is 11.4 Å². The fourth-order valence-corrected chi connectivity index (χ4v) is 5.55. The van der Waals surface area contributed by atoms with Crippen molar-refractivity contribution in [3.63, 3.8) is 0 Å². The quantitative estimate of drug-likeness (QED) is 0.744. The molecular formula is C24H25N3O4. The molecule has 2 aromatic carbocycles. The molecule has 3 aliphatic rings. The van der Waals surface area contributed by atoms with Gasteiger partial charge in [0.1, 0.15) is 5.54 Å². The van der Waals surface area contributed by atoms with Crippen molar-refractivity contribution in [1.29, 1.82) is 0 Å². The van der Waals surface area contributed by atoms with Crippen LogP contribution in [0.3, 0.4) is 0 Å². The van der Waals surface area contributed by atoms with Gasteiger partial charge < -0.3 is 15.4 Å². The van der Waals surface area contributed by atoms with Crippen molar-refractivity contribution < 1.29 is 19.1 Å². The van der Waals surface area contributed by atoms with Crippen molar-refractivity contribution in [2.45, 2.75) is 37.8 Å². The molecule has 3 atom stereocenters. The van der Waals surface area contributed by atoms with Gasteiger partial charge in [-0.05, 0) is 57.0 Å². The van der Waals surface area contributed by atoms with Gasteiger partial charge in [-0.1, -0.05) is 24.3 Å². The Bertz CT molecular complexity index is 1070. The molecule has 7 nitrogen and oxygen atoms in total. The predicted molar refractivity (Wildman–Crippen MR) is 116 cm³/mol. The van der Waals surface area contributed by atoms with Gasteiger partial charge in [0.05, 0.1) is 18.1 Å². The maximum absolute atomic E-state index is 13.5. The average Bonchev–Trinajstić information content (AvgIpc) is 3.43. The zero-order valence-corrected chi connectivity index (χ0v) is 17.4. The van der Waals surface area contributed by atoms with E-state index in [1.807, 2.05) is 24.3 Å². The molecule has 1 spiro atoms. The van der Waals surface area contributed by atoms with Crippen LogP contribution in [0.1, 0.15) is 42.1 Å². The van der Waals surface area contributed by atoms with Gasteiger partial charge in [0.2, 0.25) is 11.8 Å². The number of ether oxygens (including phenoxy) is 1. The molecule has 2 fully saturated rings. The Morgan fingerprint density at radius 2 is 2.06 bits per heavy atom. The molecule has 0 saturated carbocycles. The number of rotatable bonds is 4. The highest BCUT2D eigenvalue weighted by atomic mass is 16.5. The molecule has 0 aromatic heterocycles. The Labute approximate surface area is 180 Å². The first-order valence-electron chi connectivity index (χ1n) is 10.8. The molecule has 7 heteroatoms. The largest absolute Gasteiger partial charge is 0.462 e. The Morgan fingerprint density at radius 3 is 2.90 bits per heavy atom. The van der Waals surface area contributed by atoms with Crippen LogP contribution in [0, 0.1) is 5.92 Å². The van der Waals surface area contributed by atoms with Gasteiger partial charge in [-0.25, -0.2) is 4.79 Å². The summed E-state index contributed by atoms with van der Waals surface area (Å²) in [5, 5.41) is 5.97. The molecule has 0 bridgehead atoms. The molecule has 0 radical (unpaired) electrons. The number of para-hydroxylation sites is 1. The number of carbonyl (C=O) groups is 3. The van der Waals surface area contributed by atoms with Gasteiger partial charge in [0, 0.05) is 23.0 Å². The molecule has 2 saturated heterocycles. The van der Waals surface area contributed by atoms with Gasteiger partial charge in [0.25, 0.3) is 0 Å². The summed E-state index contributed by atoms with van der Waals surface area (Å²) >= 11 is 0. The lowest BCUT2D eigenvalue weighted by molar-refractivity contribution is -0.135. The molecule has 5 rings (SSSR count). The van der Waals surface area contributed by atoms with Gasteiger partial charge in [-0.3, -0.25) is 14.5 Å². The van der Waals surface area contributed by atoms with Crippen molar-refractivity contribution in [3.8, 4) is 0 Å². The van der Waals surface area contributed by atoms with Crippen LogP contribution < -0.4 is 10.6 Å². The van der Waals surface area contributed by atoms with E-state index in [4.69, 9.17) is 4.74 Å². The number of esters is 1. The van der Waals surface area contributed by atoms with Crippen molar-refractivity contribution in [2.75, 3.05) is 23.8 Å². The third-order valence-electron chi connectivity index (χ3n) is 6.73. The third kappa shape index (κ3) is 2.95. The van der Waals surface area contributed by atoms with Crippen LogP contribution >= 0.6 is 0 Å². The van der Waals surface area contributed by atoms with E-state index < -0.39 is 17.4 Å². The number of nitrogens with one attached hydrogen (secondary N) is 2. The van der Waals surface area contributed by atoms with E-state index in [0.717, 1.165) is 30.6 Å². The fraction of sp³-hybridized carbons (Fsp3) is 0.375. The van der Waals surface area contributed by atoms with Crippen molar-refractivity contribution in [1.82, 2.24) is 4.90 Å². The van der Waals surface area contributed by atoms with E-state index in [-0.39, 0.29) is 24.5 Å². The van der Waals surface area contributed by atoms with E-state index in [1.165, 1.54) is 0 Å². The van der Waals surface area contributed by atoms with E-state index in [0.29, 0.717) is 17.7 Å². The summed E-state index contributed by atoms with van der Waals surface area (Å²) < 4.78 is 5.06. The SMILES string of the molecule is CCOC(=O)c1cccc(NC(=O)[C@H]2C[C@H]3CCCN3[C@@]23C(=O)Nc2ccccc23)c1. The van der Waals surface area contributed by atoms with Gasteiger partial charge >= 0.3 is 5.97 Å². The van der Waals surface area contributed by atoms with Crippen LogP contribution in [-0.2, 0) is 19.9 Å². The lowest BCUT2D eigenvalue weighted by Gasteiger charge is -2.36. The highest BCUT2D eigenvalue weighted by Crippen LogP contribution is 2.55. The summed E-state index contributed by atoms with van der Waals surface area (Å²) in [6, 6.07) is 14.6. The maximum Gasteiger partial charge on any atom is 0.338 e. The fourth-order valence-electron chi connectivity index (χ4n) is 5.55. The van der Waals surface area contributed by atoms with Crippen LogP contribution in [0.15, 0.2) is 48.5 Å². The van der Waals surface area contributed by atoms with Gasteiger partial charge in [0.15, 0.2) is 0 Å². The highest BCUT2D eigenvalue weighted by Gasteiger charge is 2.65. The summed E-state index contributed by atoms with van der Waals surface area (Å²) in [7, 11) is 0. The second-order valence-corrected chi connectivity index (χ2v) is 8.33. The topological polar surface area (TPSA) is 87.7 Å². The van der Waals surface area contributed by atoms with E-state index in [2.05, 4.69) is 15.5 Å². The number of benzene rings is 2. The van der Waals surface area contributed by atoms with Crippen LogP contribution in [-0.4, -0.2) is 41.9 Å². The zero-order chi connectivity index (χ0) is 21.6. The minimum absolute atomic E-state index is 0.126. The summed E-state index contributed by atoms with van der Waals surface area (Å²) in [4.78, 5) is 41.2. The number of amides is 2. The summed E-state index contributed by atoms with van der Waals surface area (Å²) in [5.74, 6) is -1.28. The molecule has 2 N–H and O–H groups in total. The number of nitrogens with zero attached hydrogens (tertiary/aromatic N) is 1. The van der Waals surface area contributed by atoms with Crippen molar-refractivity contribution >= 4 is 29.2 Å². The first-order valence-corrected chi connectivity index (χ1v) is 10.8. The molecule has 160 valence electrons. The molecule has 3 heterocycles. The molecule has 2 aromatic rings.